The Morgan fingerprint density at radius 2 is 2.08 bits per heavy atom. The van der Waals surface area contributed by atoms with Gasteiger partial charge < -0.3 is 24.4 Å². The molecule has 3 aromatic heterocycles. The topological polar surface area (TPSA) is 133 Å². The van der Waals surface area contributed by atoms with Crippen LogP contribution in [0.3, 0.4) is 0 Å². The molecule has 1 atom stereocenters. The molecule has 3 aromatic rings. The summed E-state index contributed by atoms with van der Waals surface area (Å²) in [7, 11) is 1.61. The van der Waals surface area contributed by atoms with Crippen LogP contribution < -0.4 is 21.5 Å². The maximum absolute atomic E-state index is 13.9. The molecule has 40 heavy (non-hydrogen) atoms. The number of carbonyl (C=O) groups is 1. The summed E-state index contributed by atoms with van der Waals surface area (Å²) in [6, 6.07) is -0.164. The molecule has 0 spiro atoms. The van der Waals surface area contributed by atoms with Crippen LogP contribution in [0.15, 0.2) is 26.5 Å². The van der Waals surface area contributed by atoms with Gasteiger partial charge in [0.05, 0.1) is 12.7 Å². The fourth-order valence-electron chi connectivity index (χ4n) is 5.03. The van der Waals surface area contributed by atoms with Gasteiger partial charge in [0.2, 0.25) is 5.95 Å². The second kappa shape index (κ2) is 10.6. The van der Waals surface area contributed by atoms with Gasteiger partial charge in [-0.25, -0.2) is 14.2 Å². The van der Waals surface area contributed by atoms with Crippen molar-refractivity contribution < 1.29 is 14.1 Å². The summed E-state index contributed by atoms with van der Waals surface area (Å²) >= 11 is 0. The van der Waals surface area contributed by atoms with Crippen LogP contribution in [0.25, 0.3) is 17.2 Å². The highest BCUT2D eigenvalue weighted by Crippen LogP contribution is 2.24. The van der Waals surface area contributed by atoms with Crippen LogP contribution in [0.1, 0.15) is 51.9 Å². The van der Waals surface area contributed by atoms with Gasteiger partial charge >= 0.3 is 11.8 Å². The van der Waals surface area contributed by atoms with Gasteiger partial charge in [0, 0.05) is 44.5 Å². The minimum atomic E-state index is -0.600. The van der Waals surface area contributed by atoms with Crippen LogP contribution in [0.2, 0.25) is 0 Å². The monoisotopic (exact) mass is 550 g/mol. The number of piperidine rings is 1. The zero-order valence-electron chi connectivity index (χ0n) is 23.4. The van der Waals surface area contributed by atoms with Crippen molar-refractivity contribution in [2.45, 2.75) is 71.9 Å². The van der Waals surface area contributed by atoms with Crippen molar-refractivity contribution in [3.63, 3.8) is 0 Å². The molecule has 5 heterocycles. The summed E-state index contributed by atoms with van der Waals surface area (Å²) in [5.74, 6) is 7.13. The quantitative estimate of drug-likeness (QED) is 0.473. The first-order valence-corrected chi connectivity index (χ1v) is 13.3. The molecule has 13 heteroatoms. The fraction of sp³-hybridized carbons (Fsp3) is 0.519. The number of nitrogens with one attached hydrogen (secondary N) is 1. The maximum Gasteiger partial charge on any atom is 0.407 e. The number of alkyl carbamates (subject to hydrolysis) is 1. The number of ether oxygens (including phenoxy) is 1. The van der Waals surface area contributed by atoms with E-state index in [0.717, 1.165) is 18.4 Å². The summed E-state index contributed by atoms with van der Waals surface area (Å²) in [5, 5.41) is 6.76. The molecule has 1 N–H and O–H groups in total. The van der Waals surface area contributed by atoms with Crippen molar-refractivity contribution in [1.29, 1.82) is 0 Å². The predicted octanol–water partition coefficient (Wildman–Crippen LogP) is 1.85. The Kier molecular flexibility index (Phi) is 7.18. The molecule has 1 fully saturated rings. The first-order chi connectivity index (χ1) is 19.1. The van der Waals surface area contributed by atoms with Crippen molar-refractivity contribution in [2.24, 2.45) is 7.05 Å². The van der Waals surface area contributed by atoms with Gasteiger partial charge in [-0.2, -0.15) is 4.98 Å². The number of rotatable bonds is 5. The third-order valence-electron chi connectivity index (χ3n) is 6.86. The van der Waals surface area contributed by atoms with Crippen LogP contribution in [0, 0.1) is 11.8 Å². The summed E-state index contributed by atoms with van der Waals surface area (Å²) < 4.78 is 15.0. The van der Waals surface area contributed by atoms with Gasteiger partial charge in [-0.3, -0.25) is 13.9 Å². The molecular weight excluding hydrogens is 516 g/mol. The zero-order valence-corrected chi connectivity index (χ0v) is 23.4. The molecule has 1 amide bonds. The first kappa shape index (κ1) is 27.1. The number of aromatic nitrogens is 5. The number of amides is 1. The van der Waals surface area contributed by atoms with E-state index in [4.69, 9.17) is 14.2 Å². The number of imidazole rings is 1. The van der Waals surface area contributed by atoms with E-state index in [1.807, 2.05) is 30.6 Å². The van der Waals surface area contributed by atoms with Crippen molar-refractivity contribution in [2.75, 3.05) is 18.0 Å². The Morgan fingerprint density at radius 3 is 2.83 bits per heavy atom. The second-order valence-corrected chi connectivity index (χ2v) is 11.0. The Labute approximate surface area is 231 Å². The summed E-state index contributed by atoms with van der Waals surface area (Å²) in [5.41, 5.74) is -0.0516. The van der Waals surface area contributed by atoms with Crippen LogP contribution in [-0.2, 0) is 31.5 Å². The molecule has 0 saturated carbocycles. The average Bonchev–Trinajstić information content (AvgIpc) is 3.52. The van der Waals surface area contributed by atoms with Crippen LogP contribution in [0.5, 0.6) is 0 Å². The lowest BCUT2D eigenvalue weighted by atomic mass is 10.1. The molecule has 0 aliphatic carbocycles. The van der Waals surface area contributed by atoms with E-state index in [1.54, 1.807) is 37.0 Å². The number of nitrogens with zero attached hydrogens (tertiary/aromatic N) is 7. The Bertz CT molecular complexity index is 1640. The minimum Gasteiger partial charge on any atom is -0.444 e. The van der Waals surface area contributed by atoms with Gasteiger partial charge in [0.1, 0.15) is 12.3 Å². The Hall–Kier alpha value is -4.47. The summed E-state index contributed by atoms with van der Waals surface area (Å²) in [4.78, 5) is 48.3. The molecule has 13 nitrogen and oxygen atoms in total. The summed E-state index contributed by atoms with van der Waals surface area (Å²) in [6.45, 7) is 9.08. The predicted molar refractivity (Wildman–Crippen MR) is 148 cm³/mol. The number of hydrogen-bond donors (Lipinski definition) is 1. The number of aryl methyl sites for hydroxylation is 1. The standard InChI is InChI=1S/C27H34N8O5/c1-6-7-12-34-21-22(30-24(34)33-11-8-9-19(16-33)29-25(37)39-27(2,3)4)31(5)26(38)35(23(21)36)17-32-13-10-20-18(15-32)14-28-40-20/h10,13-14,19H,8-9,11-12,15-17H2,1-5H3,(H,29,37). The van der Waals surface area contributed by atoms with Gasteiger partial charge in [-0.05, 0) is 46.6 Å². The van der Waals surface area contributed by atoms with Gasteiger partial charge in [-0.1, -0.05) is 11.1 Å². The molecular formula is C27H34N8O5. The van der Waals surface area contributed by atoms with E-state index >= 15 is 0 Å². The molecule has 2 aliphatic rings. The second-order valence-electron chi connectivity index (χ2n) is 11.0. The summed E-state index contributed by atoms with van der Waals surface area (Å²) in [6.07, 6.45) is 6.29. The molecule has 0 aromatic carbocycles. The van der Waals surface area contributed by atoms with Crippen molar-refractivity contribution in [3.05, 3.63) is 44.6 Å². The van der Waals surface area contributed by atoms with Crippen LogP contribution >= 0.6 is 0 Å². The van der Waals surface area contributed by atoms with E-state index in [2.05, 4.69) is 22.3 Å². The molecule has 0 radical (unpaired) electrons. The molecule has 5 rings (SSSR count). The molecule has 1 unspecified atom stereocenters. The highest BCUT2D eigenvalue weighted by Gasteiger charge is 2.29. The lowest BCUT2D eigenvalue weighted by Gasteiger charge is -2.34. The SMILES string of the molecule is CC#CCn1c(N2CCCC(NC(=O)OC(C)(C)C)C2)nc2c1c(=O)n(CN1C=Cc3oncc3C1)c(=O)n2C. The van der Waals surface area contributed by atoms with Gasteiger partial charge in [-0.15, -0.1) is 5.92 Å². The molecule has 0 bridgehead atoms. The Balaban J connectivity index is 1.49. The van der Waals surface area contributed by atoms with Crippen molar-refractivity contribution in [3.8, 4) is 11.8 Å². The van der Waals surface area contributed by atoms with Crippen molar-refractivity contribution >= 4 is 29.3 Å². The number of fused-ring (bicyclic) bond motifs is 2. The van der Waals surface area contributed by atoms with Crippen LogP contribution in [0.4, 0.5) is 10.7 Å². The normalized spacial score (nSPS) is 17.0. The third-order valence-corrected chi connectivity index (χ3v) is 6.86. The maximum atomic E-state index is 13.9. The minimum absolute atomic E-state index is 0.0497. The largest absolute Gasteiger partial charge is 0.444 e. The van der Waals surface area contributed by atoms with E-state index in [0.29, 0.717) is 36.9 Å². The highest BCUT2D eigenvalue weighted by atomic mass is 16.6. The Morgan fingerprint density at radius 1 is 1.27 bits per heavy atom. The number of hydrogen-bond acceptors (Lipinski definition) is 9. The lowest BCUT2D eigenvalue weighted by molar-refractivity contribution is 0.0499. The van der Waals surface area contributed by atoms with Crippen molar-refractivity contribution in [1.82, 2.24) is 34.1 Å². The molecule has 2 aliphatic heterocycles. The van der Waals surface area contributed by atoms with E-state index in [-0.39, 0.29) is 24.9 Å². The number of carbonyl (C=O) groups excluding carboxylic acids is 1. The lowest BCUT2D eigenvalue weighted by Crippen LogP contribution is -2.49. The molecule has 1 saturated heterocycles. The van der Waals surface area contributed by atoms with Crippen LogP contribution in [-0.4, -0.2) is 59.6 Å². The number of anilines is 1. The molecule has 212 valence electrons. The van der Waals surface area contributed by atoms with E-state index < -0.39 is 22.9 Å². The average molecular weight is 551 g/mol. The van der Waals surface area contributed by atoms with E-state index in [1.165, 1.54) is 9.13 Å². The smallest absolute Gasteiger partial charge is 0.407 e. The first-order valence-electron chi connectivity index (χ1n) is 13.3. The third kappa shape index (κ3) is 5.34. The highest BCUT2D eigenvalue weighted by molar-refractivity contribution is 5.75. The van der Waals surface area contributed by atoms with E-state index in [9.17, 15) is 14.4 Å². The zero-order chi connectivity index (χ0) is 28.6. The van der Waals surface area contributed by atoms with Gasteiger partial charge in [0.15, 0.2) is 16.9 Å². The van der Waals surface area contributed by atoms with Gasteiger partial charge in [0.25, 0.3) is 5.56 Å². The fourth-order valence-corrected chi connectivity index (χ4v) is 5.03.